The van der Waals surface area contributed by atoms with Crippen molar-refractivity contribution < 1.29 is 19.7 Å². The van der Waals surface area contributed by atoms with Crippen molar-refractivity contribution in [1.29, 1.82) is 0 Å². The van der Waals surface area contributed by atoms with Crippen LogP contribution < -0.4 is 9.64 Å². The molecular formula is C25H23ClN4O4. The van der Waals surface area contributed by atoms with Crippen LogP contribution in [0.5, 0.6) is 11.8 Å². The van der Waals surface area contributed by atoms with E-state index in [2.05, 4.69) is 19.9 Å². The van der Waals surface area contributed by atoms with Crippen molar-refractivity contribution in [2.45, 2.75) is 25.8 Å². The summed E-state index contributed by atoms with van der Waals surface area (Å²) in [6.07, 6.45) is 2.06. The number of aromatic carboxylic acids is 1. The number of hydrogen-bond donors (Lipinski definition) is 3. The molecule has 174 valence electrons. The van der Waals surface area contributed by atoms with Crippen molar-refractivity contribution in [3.05, 3.63) is 64.7 Å². The highest BCUT2D eigenvalue weighted by Crippen LogP contribution is 2.33. The molecule has 1 aliphatic rings. The van der Waals surface area contributed by atoms with Gasteiger partial charge >= 0.3 is 12.0 Å². The Hall–Kier alpha value is -3.62. The lowest BCUT2D eigenvalue weighted by molar-refractivity contribution is 0.0695. The number of hydrogen-bond acceptors (Lipinski definition) is 6. The number of nitrogens with one attached hydrogen (secondary N) is 1. The SMILES string of the molecule is Cc1ccc(Oc2nc3nc(-c4ccc(N5CCCC5CO)cc4)c(Cl)cc3[nH]2)cc1C(=O)O. The minimum atomic E-state index is -1.02. The molecule has 0 bridgehead atoms. The number of aromatic nitrogens is 3. The molecule has 1 fully saturated rings. The Morgan fingerprint density at radius 1 is 1.21 bits per heavy atom. The van der Waals surface area contributed by atoms with Gasteiger partial charge in [-0.25, -0.2) is 9.78 Å². The first-order chi connectivity index (χ1) is 16.4. The fraction of sp³-hybridized carbons (Fsp3) is 0.240. The van der Waals surface area contributed by atoms with Crippen LogP contribution in [0.3, 0.4) is 0 Å². The summed E-state index contributed by atoms with van der Waals surface area (Å²) in [4.78, 5) is 25.7. The summed E-state index contributed by atoms with van der Waals surface area (Å²) in [5.74, 6) is -0.666. The lowest BCUT2D eigenvalue weighted by atomic mass is 10.1. The van der Waals surface area contributed by atoms with Gasteiger partial charge in [0.25, 0.3) is 0 Å². The smallest absolute Gasteiger partial charge is 0.336 e. The molecule has 3 N–H and O–H groups in total. The lowest BCUT2D eigenvalue weighted by Gasteiger charge is -2.25. The van der Waals surface area contributed by atoms with Crippen molar-refractivity contribution >= 4 is 34.4 Å². The summed E-state index contributed by atoms with van der Waals surface area (Å²) in [5.41, 5.74) is 4.36. The number of carboxylic acids is 1. The minimum absolute atomic E-state index is 0.148. The number of aliphatic hydroxyl groups excluding tert-OH is 1. The molecule has 1 saturated heterocycles. The van der Waals surface area contributed by atoms with Crippen LogP contribution in [0.15, 0.2) is 48.5 Å². The largest absolute Gasteiger partial charge is 0.478 e. The summed E-state index contributed by atoms with van der Waals surface area (Å²) in [7, 11) is 0. The van der Waals surface area contributed by atoms with Gasteiger partial charge in [0.15, 0.2) is 5.65 Å². The number of benzene rings is 2. The molecule has 0 amide bonds. The zero-order chi connectivity index (χ0) is 23.8. The second kappa shape index (κ2) is 8.96. The predicted octanol–water partition coefficient (Wildman–Crippen LogP) is 5.04. The van der Waals surface area contributed by atoms with Crippen LogP contribution in [-0.4, -0.2) is 50.3 Å². The van der Waals surface area contributed by atoms with Gasteiger partial charge < -0.3 is 24.8 Å². The van der Waals surface area contributed by atoms with Gasteiger partial charge in [0.2, 0.25) is 0 Å². The number of ether oxygens (including phenoxy) is 1. The first kappa shape index (κ1) is 22.2. The van der Waals surface area contributed by atoms with Crippen LogP contribution in [-0.2, 0) is 0 Å². The number of carboxylic acid groups (broad SMARTS) is 1. The highest BCUT2D eigenvalue weighted by Gasteiger charge is 2.24. The van der Waals surface area contributed by atoms with E-state index in [0.717, 1.165) is 30.6 Å². The summed E-state index contributed by atoms with van der Waals surface area (Å²) in [5, 5.41) is 19.4. The van der Waals surface area contributed by atoms with Gasteiger partial charge in [0.1, 0.15) is 5.75 Å². The van der Waals surface area contributed by atoms with Crippen molar-refractivity contribution in [3.63, 3.8) is 0 Å². The number of aryl methyl sites for hydroxylation is 1. The van der Waals surface area contributed by atoms with E-state index < -0.39 is 5.97 Å². The third-order valence-electron chi connectivity index (χ3n) is 6.12. The monoisotopic (exact) mass is 478 g/mol. The van der Waals surface area contributed by atoms with E-state index in [0.29, 0.717) is 33.2 Å². The van der Waals surface area contributed by atoms with Crippen LogP contribution in [0.25, 0.3) is 22.4 Å². The number of H-pyrrole nitrogens is 1. The van der Waals surface area contributed by atoms with Crippen LogP contribution >= 0.6 is 11.6 Å². The molecule has 1 aliphatic heterocycles. The molecule has 0 aliphatic carbocycles. The summed E-state index contributed by atoms with van der Waals surface area (Å²) >= 11 is 6.53. The van der Waals surface area contributed by atoms with E-state index in [1.165, 1.54) is 6.07 Å². The van der Waals surface area contributed by atoms with E-state index in [1.54, 1.807) is 25.1 Å². The number of aliphatic hydroxyl groups is 1. The molecule has 4 aromatic rings. The van der Waals surface area contributed by atoms with Crippen LogP contribution in [0.2, 0.25) is 5.02 Å². The number of halogens is 1. The van der Waals surface area contributed by atoms with Gasteiger partial charge in [-0.2, -0.15) is 4.98 Å². The summed E-state index contributed by atoms with van der Waals surface area (Å²) in [6.45, 7) is 2.81. The molecule has 0 saturated carbocycles. The summed E-state index contributed by atoms with van der Waals surface area (Å²) in [6, 6.07) is 14.9. The fourth-order valence-corrected chi connectivity index (χ4v) is 4.59. The normalized spacial score (nSPS) is 15.7. The number of anilines is 1. The van der Waals surface area contributed by atoms with E-state index in [9.17, 15) is 15.0 Å². The van der Waals surface area contributed by atoms with Gasteiger partial charge in [-0.3, -0.25) is 0 Å². The molecular weight excluding hydrogens is 456 g/mol. The Bertz CT molecular complexity index is 1370. The third kappa shape index (κ3) is 4.18. The molecule has 0 spiro atoms. The number of imidazole rings is 1. The molecule has 0 radical (unpaired) electrons. The van der Waals surface area contributed by atoms with Crippen molar-refractivity contribution in [2.24, 2.45) is 0 Å². The van der Waals surface area contributed by atoms with Gasteiger partial charge in [0, 0.05) is 17.8 Å². The Kier molecular flexibility index (Phi) is 5.85. The molecule has 5 rings (SSSR count). The molecule has 2 aromatic carbocycles. The van der Waals surface area contributed by atoms with E-state index in [1.807, 2.05) is 24.3 Å². The van der Waals surface area contributed by atoms with Crippen molar-refractivity contribution in [3.8, 4) is 23.0 Å². The molecule has 1 atom stereocenters. The highest BCUT2D eigenvalue weighted by atomic mass is 35.5. The highest BCUT2D eigenvalue weighted by molar-refractivity contribution is 6.33. The maximum absolute atomic E-state index is 11.4. The fourth-order valence-electron chi connectivity index (χ4n) is 4.33. The molecule has 3 heterocycles. The topological polar surface area (TPSA) is 112 Å². The number of nitrogens with zero attached hydrogens (tertiary/aromatic N) is 3. The maximum Gasteiger partial charge on any atom is 0.336 e. The quantitative estimate of drug-likeness (QED) is 0.356. The second-order valence-electron chi connectivity index (χ2n) is 8.33. The molecule has 1 unspecified atom stereocenters. The standard InChI is InChI=1S/C25H23ClN4O4/c1-14-4-9-18(11-19(14)24(32)33)34-25-27-21-12-20(26)22(28-23(21)29-25)15-5-7-16(8-6-15)30-10-2-3-17(30)13-31/h4-9,11-12,17,31H,2-3,10,13H2,1H3,(H,32,33)(H,27,28,29). The number of fused-ring (bicyclic) bond motifs is 1. The Balaban J connectivity index is 1.41. The minimum Gasteiger partial charge on any atom is -0.478 e. The first-order valence-corrected chi connectivity index (χ1v) is 11.4. The maximum atomic E-state index is 11.4. The van der Waals surface area contributed by atoms with Gasteiger partial charge in [-0.15, -0.1) is 0 Å². The van der Waals surface area contributed by atoms with Gasteiger partial charge in [-0.1, -0.05) is 29.8 Å². The van der Waals surface area contributed by atoms with E-state index >= 15 is 0 Å². The second-order valence-corrected chi connectivity index (χ2v) is 8.74. The average molecular weight is 479 g/mol. The van der Waals surface area contributed by atoms with Crippen LogP contribution in [0.1, 0.15) is 28.8 Å². The van der Waals surface area contributed by atoms with Crippen molar-refractivity contribution in [1.82, 2.24) is 15.0 Å². The number of pyridine rings is 1. The lowest BCUT2D eigenvalue weighted by Crippen LogP contribution is -2.31. The molecule has 2 aromatic heterocycles. The van der Waals surface area contributed by atoms with Gasteiger partial charge in [-0.05, 0) is 55.7 Å². The van der Waals surface area contributed by atoms with Crippen molar-refractivity contribution in [2.75, 3.05) is 18.1 Å². The van der Waals surface area contributed by atoms with Crippen LogP contribution in [0, 0.1) is 6.92 Å². The predicted molar refractivity (Wildman–Crippen MR) is 130 cm³/mol. The Morgan fingerprint density at radius 3 is 2.74 bits per heavy atom. The average Bonchev–Trinajstić information content (AvgIpc) is 3.46. The number of rotatable bonds is 6. The molecule has 8 nitrogen and oxygen atoms in total. The third-order valence-corrected chi connectivity index (χ3v) is 6.41. The number of carbonyl (C=O) groups is 1. The Labute approximate surface area is 200 Å². The van der Waals surface area contributed by atoms with Gasteiger partial charge in [0.05, 0.1) is 34.4 Å². The first-order valence-electron chi connectivity index (χ1n) is 11.0. The zero-order valence-electron chi connectivity index (χ0n) is 18.5. The van der Waals surface area contributed by atoms with E-state index in [4.69, 9.17) is 16.3 Å². The zero-order valence-corrected chi connectivity index (χ0v) is 19.2. The van der Waals surface area contributed by atoms with Crippen LogP contribution in [0.4, 0.5) is 5.69 Å². The van der Waals surface area contributed by atoms with E-state index in [-0.39, 0.29) is 24.2 Å². The molecule has 34 heavy (non-hydrogen) atoms. The molecule has 9 heteroatoms. The number of aromatic amines is 1. The Morgan fingerprint density at radius 2 is 2.00 bits per heavy atom. The summed E-state index contributed by atoms with van der Waals surface area (Å²) < 4.78 is 5.75.